The van der Waals surface area contributed by atoms with Crippen LogP contribution >= 0.6 is 0 Å². The fourth-order valence-corrected chi connectivity index (χ4v) is 3.63. The van der Waals surface area contributed by atoms with E-state index in [1.807, 2.05) is 25.3 Å². The minimum atomic E-state index is -1.15. The number of nitrogens with zero attached hydrogens (tertiary/aromatic N) is 4. The van der Waals surface area contributed by atoms with Crippen molar-refractivity contribution in [3.63, 3.8) is 0 Å². The number of aromatic nitrogens is 4. The lowest BCUT2D eigenvalue weighted by atomic mass is 10.1. The van der Waals surface area contributed by atoms with Gasteiger partial charge in [-0.05, 0) is 33.9 Å². The molecule has 0 aromatic carbocycles. The molecule has 0 bridgehead atoms. The number of ether oxygens (including phenoxy) is 2. The second-order valence-corrected chi connectivity index (χ2v) is 10.2. The van der Waals surface area contributed by atoms with Crippen LogP contribution in [-0.4, -0.2) is 53.0 Å². The summed E-state index contributed by atoms with van der Waals surface area (Å²) in [5.74, 6) is 0.375. The predicted molar refractivity (Wildman–Crippen MR) is 102 cm³/mol. The SMILES string of the molecule is C[SiH](C)OC[C@H]1O[C@@H](n2cnc3c(N)nc(N)nc32)C[C@@H]1OC(C)(C)C. The van der Waals surface area contributed by atoms with Crippen molar-refractivity contribution in [2.45, 2.75) is 64.3 Å². The molecular weight excluding hydrogens is 352 g/mol. The maximum Gasteiger partial charge on any atom is 0.224 e. The molecule has 10 heteroatoms. The van der Waals surface area contributed by atoms with Crippen molar-refractivity contribution < 1.29 is 13.9 Å². The molecule has 3 atom stereocenters. The number of hydrogen-bond acceptors (Lipinski definition) is 8. The Bertz CT molecular complexity index is 775. The number of hydrogen-bond donors (Lipinski definition) is 2. The van der Waals surface area contributed by atoms with Crippen LogP contribution in [-0.2, 0) is 13.9 Å². The normalized spacial score (nSPS) is 24.0. The van der Waals surface area contributed by atoms with Crippen molar-refractivity contribution in [2.75, 3.05) is 18.1 Å². The smallest absolute Gasteiger partial charge is 0.224 e. The maximum absolute atomic E-state index is 6.26. The van der Waals surface area contributed by atoms with E-state index in [1.165, 1.54) is 0 Å². The van der Waals surface area contributed by atoms with Gasteiger partial charge in [-0.15, -0.1) is 0 Å². The molecule has 0 saturated carbocycles. The highest BCUT2D eigenvalue weighted by Gasteiger charge is 2.40. The van der Waals surface area contributed by atoms with E-state index in [-0.39, 0.29) is 35.8 Å². The Kier molecular flexibility index (Phi) is 5.20. The van der Waals surface area contributed by atoms with Crippen molar-refractivity contribution >= 4 is 32.0 Å². The summed E-state index contributed by atoms with van der Waals surface area (Å²) < 4.78 is 20.2. The standard InChI is InChI=1S/C16H28N6O3Si/c1-16(2,3)25-9-6-11(24-10(9)7-23-26(4)5)22-8-19-12-13(17)20-15(18)21-14(12)22/h8-11,26H,6-7H2,1-5H3,(H4,17,18,20,21)/t9-,10+,11+/m0/s1. The predicted octanol–water partition coefficient (Wildman–Crippen LogP) is 1.46. The topological polar surface area (TPSA) is 123 Å². The number of imidazole rings is 1. The lowest BCUT2D eigenvalue weighted by Crippen LogP contribution is -2.36. The van der Waals surface area contributed by atoms with E-state index in [4.69, 9.17) is 25.4 Å². The zero-order chi connectivity index (χ0) is 19.1. The molecule has 3 rings (SSSR count). The van der Waals surface area contributed by atoms with E-state index in [0.717, 1.165) is 0 Å². The van der Waals surface area contributed by atoms with Crippen LogP contribution in [0.1, 0.15) is 33.4 Å². The first kappa shape index (κ1) is 19.0. The largest absolute Gasteiger partial charge is 0.418 e. The Morgan fingerprint density at radius 1 is 1.31 bits per heavy atom. The average molecular weight is 381 g/mol. The van der Waals surface area contributed by atoms with Crippen molar-refractivity contribution in [1.29, 1.82) is 0 Å². The van der Waals surface area contributed by atoms with E-state index in [9.17, 15) is 0 Å². The van der Waals surface area contributed by atoms with E-state index in [0.29, 0.717) is 24.2 Å². The average Bonchev–Trinajstić information content (AvgIpc) is 3.07. The highest BCUT2D eigenvalue weighted by molar-refractivity contribution is 6.48. The molecule has 0 spiro atoms. The molecule has 1 aliphatic heterocycles. The van der Waals surface area contributed by atoms with Gasteiger partial charge in [0.1, 0.15) is 17.8 Å². The van der Waals surface area contributed by atoms with Crippen LogP contribution in [0.2, 0.25) is 13.1 Å². The second kappa shape index (κ2) is 7.10. The molecule has 2 aromatic heterocycles. The summed E-state index contributed by atoms with van der Waals surface area (Å²) in [6.07, 6.45) is 1.82. The van der Waals surface area contributed by atoms with Crippen LogP contribution in [0.15, 0.2) is 6.33 Å². The van der Waals surface area contributed by atoms with Gasteiger partial charge >= 0.3 is 0 Å². The molecule has 0 amide bonds. The van der Waals surface area contributed by atoms with E-state index < -0.39 is 9.04 Å². The van der Waals surface area contributed by atoms with E-state index in [2.05, 4.69) is 28.0 Å². The molecule has 1 saturated heterocycles. The number of nitrogens with two attached hydrogens (primary N) is 2. The zero-order valence-electron chi connectivity index (χ0n) is 16.0. The number of rotatable bonds is 5. The van der Waals surface area contributed by atoms with Crippen molar-refractivity contribution in [3.05, 3.63) is 6.33 Å². The molecule has 26 heavy (non-hydrogen) atoms. The maximum atomic E-state index is 6.26. The Morgan fingerprint density at radius 3 is 2.69 bits per heavy atom. The quantitative estimate of drug-likeness (QED) is 0.747. The third-order valence-electron chi connectivity index (χ3n) is 4.06. The van der Waals surface area contributed by atoms with Gasteiger partial charge in [0.15, 0.2) is 20.5 Å². The van der Waals surface area contributed by atoms with E-state index >= 15 is 0 Å². The molecule has 4 N–H and O–H groups in total. The Morgan fingerprint density at radius 2 is 2.04 bits per heavy atom. The van der Waals surface area contributed by atoms with Crippen molar-refractivity contribution in [3.8, 4) is 0 Å². The molecular formula is C16H28N6O3Si. The molecule has 2 aromatic rings. The first-order chi connectivity index (χ1) is 12.1. The second-order valence-electron chi connectivity index (χ2n) is 7.81. The molecule has 144 valence electrons. The number of fused-ring (bicyclic) bond motifs is 1. The van der Waals surface area contributed by atoms with Gasteiger partial charge in [0, 0.05) is 6.42 Å². The van der Waals surface area contributed by atoms with Crippen LogP contribution < -0.4 is 11.5 Å². The van der Waals surface area contributed by atoms with Crippen LogP contribution in [0.25, 0.3) is 11.2 Å². The minimum Gasteiger partial charge on any atom is -0.418 e. The first-order valence-corrected chi connectivity index (χ1v) is 11.6. The van der Waals surface area contributed by atoms with Gasteiger partial charge in [-0.25, -0.2) is 4.98 Å². The van der Waals surface area contributed by atoms with Crippen LogP contribution in [0.5, 0.6) is 0 Å². The van der Waals surface area contributed by atoms with Crippen molar-refractivity contribution in [1.82, 2.24) is 19.5 Å². The summed E-state index contributed by atoms with van der Waals surface area (Å²) in [6.45, 7) is 10.9. The Hall–Kier alpha value is -1.75. The van der Waals surface area contributed by atoms with Crippen LogP contribution in [0.4, 0.5) is 11.8 Å². The monoisotopic (exact) mass is 380 g/mol. The molecule has 0 aliphatic carbocycles. The van der Waals surface area contributed by atoms with Gasteiger partial charge in [-0.2, -0.15) is 9.97 Å². The third-order valence-corrected chi connectivity index (χ3v) is 4.91. The fraction of sp³-hybridized carbons (Fsp3) is 0.688. The summed E-state index contributed by atoms with van der Waals surface area (Å²) in [7, 11) is -1.15. The highest BCUT2D eigenvalue weighted by Crippen LogP contribution is 2.35. The van der Waals surface area contributed by atoms with Gasteiger partial charge in [0.05, 0.1) is 24.6 Å². The summed E-state index contributed by atoms with van der Waals surface area (Å²) in [6, 6.07) is 0. The van der Waals surface area contributed by atoms with Crippen LogP contribution in [0, 0.1) is 0 Å². The summed E-state index contributed by atoms with van der Waals surface area (Å²) in [5.41, 5.74) is 12.5. The number of anilines is 2. The Balaban J connectivity index is 1.86. The summed E-state index contributed by atoms with van der Waals surface area (Å²) in [4.78, 5) is 12.6. The van der Waals surface area contributed by atoms with Gasteiger partial charge in [0.25, 0.3) is 0 Å². The van der Waals surface area contributed by atoms with Crippen LogP contribution in [0.3, 0.4) is 0 Å². The molecule has 0 radical (unpaired) electrons. The summed E-state index contributed by atoms with van der Waals surface area (Å²) >= 11 is 0. The zero-order valence-corrected chi connectivity index (χ0v) is 17.1. The van der Waals surface area contributed by atoms with E-state index in [1.54, 1.807) is 6.33 Å². The number of nitrogen functional groups attached to an aromatic ring is 2. The van der Waals surface area contributed by atoms with Gasteiger partial charge in [-0.3, -0.25) is 4.57 Å². The Labute approximate surface area is 154 Å². The van der Waals surface area contributed by atoms with Gasteiger partial charge < -0.3 is 25.4 Å². The lowest BCUT2D eigenvalue weighted by molar-refractivity contribution is -0.103. The van der Waals surface area contributed by atoms with Crippen molar-refractivity contribution in [2.24, 2.45) is 0 Å². The molecule has 3 heterocycles. The molecule has 1 fully saturated rings. The van der Waals surface area contributed by atoms with Gasteiger partial charge in [-0.1, -0.05) is 0 Å². The highest BCUT2D eigenvalue weighted by atomic mass is 28.3. The summed E-state index contributed by atoms with van der Waals surface area (Å²) in [5, 5.41) is 0. The minimum absolute atomic E-state index is 0.0817. The third kappa shape index (κ3) is 4.14. The fourth-order valence-electron chi connectivity index (χ4n) is 3.05. The lowest BCUT2D eigenvalue weighted by Gasteiger charge is -2.28. The molecule has 1 aliphatic rings. The van der Waals surface area contributed by atoms with Gasteiger partial charge in [0.2, 0.25) is 5.95 Å². The first-order valence-electron chi connectivity index (χ1n) is 8.84. The molecule has 0 unspecified atom stereocenters. The molecule has 9 nitrogen and oxygen atoms in total.